The van der Waals surface area contributed by atoms with Crippen molar-refractivity contribution in [1.29, 1.82) is 0 Å². The van der Waals surface area contributed by atoms with E-state index in [0.29, 0.717) is 6.54 Å². The average molecular weight is 359 g/mol. The van der Waals surface area contributed by atoms with Crippen molar-refractivity contribution >= 4 is 11.8 Å². The third-order valence-corrected chi connectivity index (χ3v) is 5.65. The van der Waals surface area contributed by atoms with Crippen LogP contribution in [0.15, 0.2) is 24.3 Å². The lowest BCUT2D eigenvalue weighted by molar-refractivity contribution is -0.136. The molecule has 2 heterocycles. The van der Waals surface area contributed by atoms with E-state index >= 15 is 0 Å². The zero-order valence-electron chi connectivity index (χ0n) is 15.5. The molecule has 2 fully saturated rings. The van der Waals surface area contributed by atoms with Gasteiger partial charge in [0.05, 0.1) is 19.7 Å². The van der Waals surface area contributed by atoms with Crippen LogP contribution in [0.3, 0.4) is 0 Å². The number of hydrogen-bond donors (Lipinski definition) is 1. The summed E-state index contributed by atoms with van der Waals surface area (Å²) in [6.45, 7) is 2.75. The molecule has 0 saturated carbocycles. The molecule has 0 aromatic heterocycles. The summed E-state index contributed by atoms with van der Waals surface area (Å²) in [4.78, 5) is 28.5. The standard InChI is InChI=1S/C20H29N3O3/c1-26-17-6-4-5-16(13-17)18-7-2-3-10-23(18)19(24)14-22-11-8-15(9-12-22)20(21)25/h4-6,13,15,18H,2-3,7-12,14H2,1H3,(H2,21,25)/t18-/m0/s1. The van der Waals surface area contributed by atoms with Crippen molar-refractivity contribution < 1.29 is 14.3 Å². The number of ether oxygens (including phenoxy) is 1. The number of hydrogen-bond acceptors (Lipinski definition) is 4. The molecule has 2 aliphatic heterocycles. The smallest absolute Gasteiger partial charge is 0.237 e. The van der Waals surface area contributed by atoms with Crippen LogP contribution < -0.4 is 10.5 Å². The molecule has 0 spiro atoms. The van der Waals surface area contributed by atoms with Crippen LogP contribution >= 0.6 is 0 Å². The van der Waals surface area contributed by atoms with Crippen molar-refractivity contribution in [2.45, 2.75) is 38.1 Å². The Labute approximate surface area is 155 Å². The molecule has 6 heteroatoms. The summed E-state index contributed by atoms with van der Waals surface area (Å²) < 4.78 is 5.34. The number of likely N-dealkylation sites (tertiary alicyclic amines) is 2. The van der Waals surface area contributed by atoms with Gasteiger partial charge < -0.3 is 15.4 Å². The summed E-state index contributed by atoms with van der Waals surface area (Å²) >= 11 is 0. The first kappa shape index (κ1) is 18.7. The Bertz CT molecular complexity index is 641. The molecule has 26 heavy (non-hydrogen) atoms. The molecule has 3 rings (SSSR count). The number of carbonyl (C=O) groups is 2. The van der Waals surface area contributed by atoms with E-state index in [4.69, 9.17) is 10.5 Å². The molecule has 0 unspecified atom stereocenters. The molecule has 0 bridgehead atoms. The van der Waals surface area contributed by atoms with Gasteiger partial charge in [0, 0.05) is 12.5 Å². The lowest BCUT2D eigenvalue weighted by Gasteiger charge is -2.38. The van der Waals surface area contributed by atoms with E-state index in [1.807, 2.05) is 23.1 Å². The average Bonchev–Trinajstić information content (AvgIpc) is 2.68. The number of methoxy groups -OCH3 is 1. The van der Waals surface area contributed by atoms with Crippen molar-refractivity contribution in [3.05, 3.63) is 29.8 Å². The van der Waals surface area contributed by atoms with Gasteiger partial charge in [0.15, 0.2) is 0 Å². The number of nitrogens with two attached hydrogens (primary N) is 1. The number of nitrogens with zero attached hydrogens (tertiary/aromatic N) is 2. The zero-order chi connectivity index (χ0) is 18.5. The zero-order valence-corrected chi connectivity index (χ0v) is 15.5. The number of amides is 2. The van der Waals surface area contributed by atoms with Crippen LogP contribution in [0.1, 0.15) is 43.7 Å². The van der Waals surface area contributed by atoms with Crippen LogP contribution in [-0.2, 0) is 9.59 Å². The molecule has 2 amide bonds. The monoisotopic (exact) mass is 359 g/mol. The Morgan fingerprint density at radius 2 is 1.92 bits per heavy atom. The summed E-state index contributed by atoms with van der Waals surface area (Å²) in [6, 6.07) is 8.15. The van der Waals surface area contributed by atoms with Gasteiger partial charge in [-0.1, -0.05) is 12.1 Å². The van der Waals surface area contributed by atoms with Crippen LogP contribution in [0.4, 0.5) is 0 Å². The molecule has 142 valence electrons. The maximum Gasteiger partial charge on any atom is 0.237 e. The lowest BCUT2D eigenvalue weighted by Crippen LogP contribution is -2.47. The first-order chi connectivity index (χ1) is 12.6. The van der Waals surface area contributed by atoms with Gasteiger partial charge in [-0.05, 0) is 62.9 Å². The van der Waals surface area contributed by atoms with Gasteiger partial charge in [-0.25, -0.2) is 0 Å². The molecule has 2 saturated heterocycles. The minimum Gasteiger partial charge on any atom is -0.497 e. The topological polar surface area (TPSA) is 75.9 Å². The van der Waals surface area contributed by atoms with Gasteiger partial charge in [-0.2, -0.15) is 0 Å². The van der Waals surface area contributed by atoms with E-state index in [9.17, 15) is 9.59 Å². The molecule has 6 nitrogen and oxygen atoms in total. The van der Waals surface area contributed by atoms with Crippen LogP contribution in [0.25, 0.3) is 0 Å². The molecule has 0 radical (unpaired) electrons. The summed E-state index contributed by atoms with van der Waals surface area (Å²) in [5.41, 5.74) is 6.54. The molecule has 1 atom stereocenters. The third-order valence-electron chi connectivity index (χ3n) is 5.65. The lowest BCUT2D eigenvalue weighted by atomic mass is 9.94. The Hall–Kier alpha value is -2.08. The summed E-state index contributed by atoms with van der Waals surface area (Å²) in [7, 11) is 1.67. The van der Waals surface area contributed by atoms with Crippen molar-refractivity contribution in [1.82, 2.24) is 9.80 Å². The van der Waals surface area contributed by atoms with E-state index in [-0.39, 0.29) is 23.8 Å². The van der Waals surface area contributed by atoms with Crippen LogP contribution in [0.5, 0.6) is 5.75 Å². The quantitative estimate of drug-likeness (QED) is 0.872. The number of piperidine rings is 2. The van der Waals surface area contributed by atoms with Gasteiger partial charge in [0.1, 0.15) is 5.75 Å². The Morgan fingerprint density at radius 1 is 1.15 bits per heavy atom. The van der Waals surface area contributed by atoms with Crippen molar-refractivity contribution in [2.24, 2.45) is 11.7 Å². The Kier molecular flexibility index (Phi) is 6.14. The third kappa shape index (κ3) is 4.36. The highest BCUT2D eigenvalue weighted by molar-refractivity contribution is 5.79. The number of primary amides is 1. The second kappa shape index (κ2) is 8.54. The molecular formula is C20H29N3O3. The summed E-state index contributed by atoms with van der Waals surface area (Å²) in [5.74, 6) is 0.745. The molecule has 0 aliphatic carbocycles. The molecule has 1 aromatic carbocycles. The maximum absolute atomic E-state index is 13.0. The second-order valence-electron chi connectivity index (χ2n) is 7.33. The van der Waals surface area contributed by atoms with Gasteiger partial charge >= 0.3 is 0 Å². The van der Waals surface area contributed by atoms with E-state index in [0.717, 1.165) is 63.1 Å². The first-order valence-corrected chi connectivity index (χ1v) is 9.53. The number of rotatable bonds is 5. The fraction of sp³-hybridized carbons (Fsp3) is 0.600. The fourth-order valence-corrected chi connectivity index (χ4v) is 4.08. The fourth-order valence-electron chi connectivity index (χ4n) is 4.08. The van der Waals surface area contributed by atoms with Gasteiger partial charge in [0.2, 0.25) is 11.8 Å². The highest BCUT2D eigenvalue weighted by Gasteiger charge is 2.30. The molecule has 1 aromatic rings. The number of benzene rings is 1. The number of carbonyl (C=O) groups excluding carboxylic acids is 2. The highest BCUT2D eigenvalue weighted by atomic mass is 16.5. The van der Waals surface area contributed by atoms with Crippen molar-refractivity contribution in [3.63, 3.8) is 0 Å². The van der Waals surface area contributed by atoms with Crippen molar-refractivity contribution in [3.8, 4) is 5.75 Å². The summed E-state index contributed by atoms with van der Waals surface area (Å²) in [6.07, 6.45) is 4.68. The van der Waals surface area contributed by atoms with E-state index in [1.165, 1.54) is 0 Å². The molecular weight excluding hydrogens is 330 g/mol. The van der Waals surface area contributed by atoms with Gasteiger partial charge in [-0.15, -0.1) is 0 Å². The van der Waals surface area contributed by atoms with Crippen LogP contribution in [-0.4, -0.2) is 54.9 Å². The van der Waals surface area contributed by atoms with Gasteiger partial charge in [-0.3, -0.25) is 14.5 Å². The minimum atomic E-state index is -0.218. The van der Waals surface area contributed by atoms with Gasteiger partial charge in [0.25, 0.3) is 0 Å². The Morgan fingerprint density at radius 3 is 2.62 bits per heavy atom. The molecule has 2 aliphatic rings. The van der Waals surface area contributed by atoms with Crippen LogP contribution in [0.2, 0.25) is 0 Å². The van der Waals surface area contributed by atoms with E-state index in [1.54, 1.807) is 7.11 Å². The minimum absolute atomic E-state index is 0.0409. The SMILES string of the molecule is COc1cccc([C@@H]2CCCCN2C(=O)CN2CCC(C(N)=O)CC2)c1. The summed E-state index contributed by atoms with van der Waals surface area (Å²) in [5, 5.41) is 0. The first-order valence-electron chi connectivity index (χ1n) is 9.53. The highest BCUT2D eigenvalue weighted by Crippen LogP contribution is 2.32. The van der Waals surface area contributed by atoms with Crippen LogP contribution in [0, 0.1) is 5.92 Å². The normalized spacial score (nSPS) is 22.2. The molecule has 2 N–H and O–H groups in total. The maximum atomic E-state index is 13.0. The largest absolute Gasteiger partial charge is 0.497 e. The van der Waals surface area contributed by atoms with E-state index in [2.05, 4.69) is 11.0 Å². The Balaban J connectivity index is 1.64. The van der Waals surface area contributed by atoms with E-state index < -0.39 is 0 Å². The van der Waals surface area contributed by atoms with Crippen molar-refractivity contribution in [2.75, 3.05) is 33.3 Å². The predicted molar refractivity (Wildman–Crippen MR) is 99.7 cm³/mol. The predicted octanol–water partition coefficient (Wildman–Crippen LogP) is 1.95. The second-order valence-corrected chi connectivity index (χ2v) is 7.33.